The summed E-state index contributed by atoms with van der Waals surface area (Å²) in [5, 5.41) is 2.77. The van der Waals surface area contributed by atoms with E-state index in [4.69, 9.17) is 9.97 Å². The van der Waals surface area contributed by atoms with Crippen molar-refractivity contribution < 1.29 is 0 Å². The van der Waals surface area contributed by atoms with Crippen molar-refractivity contribution in [3.05, 3.63) is 140 Å². The summed E-state index contributed by atoms with van der Waals surface area (Å²) in [6.07, 6.45) is 0. The number of benzene rings is 5. The molecule has 1 unspecified atom stereocenters. The molecule has 41 heavy (non-hydrogen) atoms. The van der Waals surface area contributed by atoms with Crippen LogP contribution in [0.1, 0.15) is 12.6 Å². The van der Waals surface area contributed by atoms with Crippen LogP contribution in [0.25, 0.3) is 61.6 Å². The minimum atomic E-state index is -1.36. The average molecular weight is 543 g/mol. The van der Waals surface area contributed by atoms with Crippen molar-refractivity contribution in [1.82, 2.24) is 9.97 Å². The van der Waals surface area contributed by atoms with E-state index >= 15 is 0 Å². The van der Waals surface area contributed by atoms with Crippen LogP contribution in [0.15, 0.2) is 134 Å². The standard InChI is InChI=1S/C38H30N2Si/c1-25(2)35-37-36(33-17-7-8-18-34(33)41(37)3)40-38(39-35)32-16-10-15-31(24-32)30-14-9-13-29(23-30)28-21-19-27(20-22-28)26-11-5-4-6-12-26/h4-24,41H,1H2,2-3H3. The molecule has 0 aliphatic carbocycles. The maximum atomic E-state index is 5.17. The third-order valence-electron chi connectivity index (χ3n) is 8.11. The lowest BCUT2D eigenvalue weighted by Gasteiger charge is -2.14. The Bertz CT molecular complexity index is 1920. The quantitative estimate of drug-likeness (QED) is 0.206. The van der Waals surface area contributed by atoms with Gasteiger partial charge in [0.2, 0.25) is 0 Å². The third-order valence-corrected chi connectivity index (χ3v) is 11.0. The number of aromatic nitrogens is 2. The molecule has 1 aliphatic heterocycles. The second-order valence-electron chi connectivity index (χ2n) is 10.9. The first-order chi connectivity index (χ1) is 20.1. The summed E-state index contributed by atoms with van der Waals surface area (Å²) in [6.45, 7) is 8.73. The van der Waals surface area contributed by atoms with E-state index in [1.165, 1.54) is 43.8 Å². The van der Waals surface area contributed by atoms with Crippen LogP contribution < -0.4 is 10.4 Å². The second kappa shape index (κ2) is 10.3. The number of rotatable bonds is 5. The molecule has 1 atom stereocenters. The van der Waals surface area contributed by atoms with Crippen LogP contribution in [0.5, 0.6) is 0 Å². The first kappa shape index (κ1) is 25.1. The molecule has 0 N–H and O–H groups in total. The van der Waals surface area contributed by atoms with Gasteiger partial charge in [-0.2, -0.15) is 0 Å². The predicted molar refractivity (Wildman–Crippen MR) is 176 cm³/mol. The maximum Gasteiger partial charge on any atom is 0.160 e. The number of fused-ring (bicyclic) bond motifs is 3. The van der Waals surface area contributed by atoms with Gasteiger partial charge in [-0.25, -0.2) is 9.97 Å². The number of hydrogen-bond donors (Lipinski definition) is 0. The van der Waals surface area contributed by atoms with Crippen LogP contribution in [-0.4, -0.2) is 18.8 Å². The summed E-state index contributed by atoms with van der Waals surface area (Å²) >= 11 is 0. The van der Waals surface area contributed by atoms with E-state index in [1.807, 2.05) is 0 Å². The van der Waals surface area contributed by atoms with E-state index in [9.17, 15) is 0 Å². The summed E-state index contributed by atoms with van der Waals surface area (Å²) in [5.74, 6) is 0.758. The molecular weight excluding hydrogens is 513 g/mol. The van der Waals surface area contributed by atoms with Gasteiger partial charge in [-0.1, -0.05) is 128 Å². The fraction of sp³-hybridized carbons (Fsp3) is 0.0526. The average Bonchev–Trinajstić information content (AvgIpc) is 3.33. The Labute approximate surface area is 243 Å². The normalized spacial score (nSPS) is 13.5. The molecular formula is C38H30N2Si. The molecule has 0 amide bonds. The van der Waals surface area contributed by atoms with Crippen molar-refractivity contribution >= 4 is 24.7 Å². The minimum absolute atomic E-state index is 0.758. The molecule has 196 valence electrons. The van der Waals surface area contributed by atoms with Crippen molar-refractivity contribution in [3.8, 4) is 56.0 Å². The van der Waals surface area contributed by atoms with E-state index in [0.717, 1.165) is 33.9 Å². The number of hydrogen-bond acceptors (Lipinski definition) is 2. The zero-order valence-corrected chi connectivity index (χ0v) is 24.5. The molecule has 7 rings (SSSR count). The largest absolute Gasteiger partial charge is 0.228 e. The van der Waals surface area contributed by atoms with Crippen molar-refractivity contribution in [2.75, 3.05) is 0 Å². The molecule has 0 bridgehead atoms. The minimum Gasteiger partial charge on any atom is -0.228 e. The van der Waals surface area contributed by atoms with Gasteiger partial charge in [-0.15, -0.1) is 0 Å². The predicted octanol–water partition coefficient (Wildman–Crippen LogP) is 8.13. The number of allylic oxidation sites excluding steroid dienone is 1. The molecule has 6 aromatic rings. The highest BCUT2D eigenvalue weighted by atomic mass is 28.3. The summed E-state index contributed by atoms with van der Waals surface area (Å²) < 4.78 is 0. The van der Waals surface area contributed by atoms with Crippen LogP contribution >= 0.6 is 0 Å². The summed E-state index contributed by atoms with van der Waals surface area (Å²) in [4.78, 5) is 10.3. The third kappa shape index (κ3) is 4.54. The van der Waals surface area contributed by atoms with Gasteiger partial charge in [0, 0.05) is 5.56 Å². The van der Waals surface area contributed by atoms with E-state index in [0.29, 0.717) is 0 Å². The van der Waals surface area contributed by atoms with Crippen molar-refractivity contribution in [2.45, 2.75) is 13.5 Å². The number of nitrogens with zero attached hydrogens (tertiary/aromatic N) is 2. The first-order valence-electron chi connectivity index (χ1n) is 14.1. The molecule has 0 radical (unpaired) electrons. The fourth-order valence-corrected chi connectivity index (χ4v) is 8.75. The molecule has 1 aliphatic rings. The maximum absolute atomic E-state index is 5.17. The Morgan fingerprint density at radius 3 is 1.76 bits per heavy atom. The topological polar surface area (TPSA) is 25.8 Å². The van der Waals surface area contributed by atoms with Gasteiger partial charge in [0.1, 0.15) is 8.80 Å². The molecule has 0 fully saturated rings. The van der Waals surface area contributed by atoms with Gasteiger partial charge < -0.3 is 0 Å². The lowest BCUT2D eigenvalue weighted by molar-refractivity contribution is 1.17. The Morgan fingerprint density at radius 1 is 0.561 bits per heavy atom. The van der Waals surface area contributed by atoms with Crippen LogP contribution in [0.2, 0.25) is 6.55 Å². The Balaban J connectivity index is 1.26. The van der Waals surface area contributed by atoms with Crippen LogP contribution in [0, 0.1) is 0 Å². The van der Waals surface area contributed by atoms with Gasteiger partial charge in [0.05, 0.1) is 11.4 Å². The second-order valence-corrected chi connectivity index (χ2v) is 13.5. The smallest absolute Gasteiger partial charge is 0.160 e. The SMILES string of the molecule is C=C(C)c1nc(-c2cccc(-c3cccc(-c4ccc(-c5ccccc5)cc4)c3)c2)nc2c1[SiH](C)c1ccccc1-2. The van der Waals surface area contributed by atoms with E-state index < -0.39 is 8.80 Å². The summed E-state index contributed by atoms with van der Waals surface area (Å²) in [5.41, 5.74) is 12.6. The van der Waals surface area contributed by atoms with Gasteiger partial charge in [0.25, 0.3) is 0 Å². The monoisotopic (exact) mass is 542 g/mol. The first-order valence-corrected chi connectivity index (χ1v) is 16.4. The highest BCUT2D eigenvalue weighted by molar-refractivity contribution is 6.89. The highest BCUT2D eigenvalue weighted by Gasteiger charge is 2.31. The fourth-order valence-electron chi connectivity index (χ4n) is 5.99. The molecule has 0 spiro atoms. The molecule has 3 heteroatoms. The molecule has 0 saturated carbocycles. The molecule has 0 saturated heterocycles. The molecule has 2 heterocycles. The molecule has 2 nitrogen and oxygen atoms in total. The van der Waals surface area contributed by atoms with Gasteiger partial charge >= 0.3 is 0 Å². The highest BCUT2D eigenvalue weighted by Crippen LogP contribution is 2.32. The van der Waals surface area contributed by atoms with Gasteiger partial charge in [-0.05, 0) is 73.9 Å². The lowest BCUT2D eigenvalue weighted by atomic mass is 9.96. The molecule has 1 aromatic heterocycles. The van der Waals surface area contributed by atoms with E-state index in [1.54, 1.807) is 0 Å². The molecule has 5 aromatic carbocycles. The zero-order valence-electron chi connectivity index (χ0n) is 23.3. The van der Waals surface area contributed by atoms with Crippen LogP contribution in [-0.2, 0) is 0 Å². The van der Waals surface area contributed by atoms with Gasteiger partial charge in [0.15, 0.2) is 5.82 Å². The van der Waals surface area contributed by atoms with Crippen molar-refractivity contribution in [1.29, 1.82) is 0 Å². The van der Waals surface area contributed by atoms with E-state index in [-0.39, 0.29) is 0 Å². The van der Waals surface area contributed by atoms with Crippen LogP contribution in [0.3, 0.4) is 0 Å². The Kier molecular flexibility index (Phi) is 6.30. The lowest BCUT2D eigenvalue weighted by Crippen LogP contribution is -2.37. The summed E-state index contributed by atoms with van der Waals surface area (Å²) in [6, 6.07) is 45.4. The van der Waals surface area contributed by atoms with E-state index in [2.05, 4.69) is 147 Å². The van der Waals surface area contributed by atoms with Crippen LogP contribution in [0.4, 0.5) is 0 Å². The van der Waals surface area contributed by atoms with Crippen molar-refractivity contribution in [3.63, 3.8) is 0 Å². The Morgan fingerprint density at radius 2 is 1.07 bits per heavy atom. The Hall–Kier alpha value is -4.86. The zero-order chi connectivity index (χ0) is 27.9. The van der Waals surface area contributed by atoms with Crippen molar-refractivity contribution in [2.24, 2.45) is 0 Å². The van der Waals surface area contributed by atoms with Gasteiger partial charge in [-0.3, -0.25) is 0 Å². The summed E-state index contributed by atoms with van der Waals surface area (Å²) in [7, 11) is -1.36.